The van der Waals surface area contributed by atoms with E-state index in [0.717, 1.165) is 16.8 Å². The standard InChI is InChI=1S/5C14H16N/c1-11-7-6-8-12(2)14(11)13-9-4-5-10-15(13)3;2*1-11-7-8-13(12(2)10-11)14-6-4-5-9-15(14)3;2*1-11-7-8-12(2)13(10-11)14-6-4-5-9-15(14)3/h5*4-10H,1-3H3/q5*+1/i;1D3;;;. The molecule has 0 aliphatic heterocycles. The summed E-state index contributed by atoms with van der Waals surface area (Å²) >= 11 is 0. The first-order chi connectivity index (χ1) is 37.1. The number of nitrogens with zero attached hydrogens (tertiary/aromatic N) is 5. The molecule has 10 rings (SSSR count). The van der Waals surface area contributed by atoms with Gasteiger partial charge in [-0.2, -0.15) is 0 Å². The summed E-state index contributed by atoms with van der Waals surface area (Å²) in [6.07, 6.45) is 10.3. The Balaban J connectivity index is 0.000000158. The molecule has 5 aromatic heterocycles. The van der Waals surface area contributed by atoms with Crippen molar-refractivity contribution in [1.82, 2.24) is 0 Å². The summed E-state index contributed by atoms with van der Waals surface area (Å²) in [4.78, 5) is 0. The monoisotopic (exact) mass is 994 g/mol. The van der Waals surface area contributed by atoms with Crippen LogP contribution >= 0.6 is 0 Å². The van der Waals surface area contributed by atoms with Crippen molar-refractivity contribution in [2.75, 3.05) is 0 Å². The molecular formula is C70H80N5+5. The molecule has 0 saturated carbocycles. The van der Waals surface area contributed by atoms with Gasteiger partial charge < -0.3 is 0 Å². The maximum Gasteiger partial charge on any atom is 0.212 e. The van der Waals surface area contributed by atoms with E-state index >= 15 is 0 Å². The van der Waals surface area contributed by atoms with Crippen molar-refractivity contribution >= 4 is 0 Å². The quantitative estimate of drug-likeness (QED) is 0.153. The van der Waals surface area contributed by atoms with Gasteiger partial charge in [-0.3, -0.25) is 0 Å². The highest BCUT2D eigenvalue weighted by Gasteiger charge is 2.15. The summed E-state index contributed by atoms with van der Waals surface area (Å²) in [6, 6.07) is 62.6. The highest BCUT2D eigenvalue weighted by molar-refractivity contribution is 5.66. The van der Waals surface area contributed by atoms with Crippen molar-refractivity contribution in [2.24, 2.45) is 35.2 Å². The van der Waals surface area contributed by atoms with Gasteiger partial charge in [-0.15, -0.1) is 0 Å². The lowest BCUT2D eigenvalue weighted by molar-refractivity contribution is -0.660. The third-order valence-corrected chi connectivity index (χ3v) is 13.5. The molecule has 0 aliphatic carbocycles. The van der Waals surface area contributed by atoms with Crippen molar-refractivity contribution in [3.05, 3.63) is 269 Å². The van der Waals surface area contributed by atoms with Crippen molar-refractivity contribution < 1.29 is 26.9 Å². The number of aryl methyl sites for hydroxylation is 15. The van der Waals surface area contributed by atoms with E-state index in [-0.39, 0.29) is 0 Å². The fourth-order valence-corrected chi connectivity index (χ4v) is 9.29. The molecule has 380 valence electrons. The van der Waals surface area contributed by atoms with Crippen molar-refractivity contribution in [1.29, 1.82) is 0 Å². The zero-order valence-electron chi connectivity index (χ0n) is 49.9. The molecule has 0 spiro atoms. The SMILES string of the molecule is Cc1ccc(-c2cccc[n+]2C)c(C)c1.Cc1ccc(C)c(-c2cccc[n+]2C)c1.Cc1ccc(C)c(-c2cccc[n+]2C)c1.Cc1cccc(C)c1-c1cccc[n+]1C.[2H]C([2H])([2H])c1ccc(-c2cccc[n+]2C)c(C)c1. The Morgan fingerprint density at radius 3 is 0.907 bits per heavy atom. The Labute approximate surface area is 454 Å². The molecule has 0 aliphatic rings. The van der Waals surface area contributed by atoms with Crippen LogP contribution in [0.5, 0.6) is 0 Å². The Hall–Kier alpha value is -8.15. The minimum Gasteiger partial charge on any atom is -0.201 e. The van der Waals surface area contributed by atoms with Gasteiger partial charge in [-0.05, 0) is 157 Å². The summed E-state index contributed by atoms with van der Waals surface area (Å²) in [7, 11) is 10.3. The molecule has 75 heavy (non-hydrogen) atoms. The minimum atomic E-state index is -2.04. The lowest BCUT2D eigenvalue weighted by Gasteiger charge is -2.07. The third-order valence-electron chi connectivity index (χ3n) is 13.5. The topological polar surface area (TPSA) is 19.4 Å². The Morgan fingerprint density at radius 2 is 0.560 bits per heavy atom. The Bertz CT molecular complexity index is 3520. The van der Waals surface area contributed by atoms with Crippen LogP contribution in [0.1, 0.15) is 59.7 Å². The van der Waals surface area contributed by atoms with E-state index in [1.807, 2.05) is 55.1 Å². The third kappa shape index (κ3) is 15.2. The normalized spacial score (nSPS) is 11.1. The molecule has 0 amide bonds. The van der Waals surface area contributed by atoms with Crippen LogP contribution in [-0.4, -0.2) is 0 Å². The first-order valence-corrected chi connectivity index (χ1v) is 25.8. The predicted molar refractivity (Wildman–Crippen MR) is 313 cm³/mol. The summed E-state index contributed by atoms with van der Waals surface area (Å²) in [5, 5.41) is 0. The molecule has 5 heteroatoms. The van der Waals surface area contributed by atoms with Gasteiger partial charge in [0.15, 0.2) is 31.0 Å². The number of hydrogen-bond donors (Lipinski definition) is 0. The minimum absolute atomic E-state index is 0.391. The smallest absolute Gasteiger partial charge is 0.201 e. The van der Waals surface area contributed by atoms with Crippen LogP contribution in [-0.2, 0) is 35.2 Å². The Morgan fingerprint density at radius 1 is 0.253 bits per heavy atom. The first kappa shape index (κ1) is 51.7. The van der Waals surface area contributed by atoms with Crippen LogP contribution in [0.2, 0.25) is 0 Å². The second-order valence-electron chi connectivity index (χ2n) is 19.7. The van der Waals surface area contributed by atoms with Crippen molar-refractivity contribution in [3.63, 3.8) is 0 Å². The van der Waals surface area contributed by atoms with E-state index in [1.54, 1.807) is 12.1 Å². The van der Waals surface area contributed by atoms with Gasteiger partial charge >= 0.3 is 0 Å². The van der Waals surface area contributed by atoms with Crippen molar-refractivity contribution in [3.8, 4) is 56.3 Å². The molecular weight excluding hydrogens is 911 g/mol. The second-order valence-corrected chi connectivity index (χ2v) is 19.7. The van der Waals surface area contributed by atoms with Crippen LogP contribution in [0.25, 0.3) is 56.3 Å². The van der Waals surface area contributed by atoms with Gasteiger partial charge in [0.25, 0.3) is 0 Å². The largest absolute Gasteiger partial charge is 0.212 e. The number of aromatic nitrogens is 5. The van der Waals surface area contributed by atoms with Gasteiger partial charge in [0.1, 0.15) is 35.2 Å². The first-order valence-electron chi connectivity index (χ1n) is 27.3. The maximum absolute atomic E-state index is 7.42. The summed E-state index contributed by atoms with van der Waals surface area (Å²) < 4.78 is 32.9. The molecule has 10 aromatic rings. The average Bonchev–Trinajstić information content (AvgIpc) is 3.43. The zero-order valence-corrected chi connectivity index (χ0v) is 46.9. The van der Waals surface area contributed by atoms with Crippen LogP contribution in [0.4, 0.5) is 0 Å². The number of pyridine rings is 5. The molecule has 0 unspecified atom stereocenters. The number of rotatable bonds is 5. The van der Waals surface area contributed by atoms with Crippen molar-refractivity contribution in [2.45, 2.75) is 69.2 Å². The molecule has 0 fully saturated rings. The van der Waals surface area contributed by atoms with Gasteiger partial charge in [-0.1, -0.05) is 89.0 Å². The Kier molecular flexibility index (Phi) is 18.4. The molecule has 5 aromatic carbocycles. The van der Waals surface area contributed by atoms with E-state index < -0.39 is 6.85 Å². The molecule has 0 bridgehead atoms. The lowest BCUT2D eigenvalue weighted by Crippen LogP contribution is -2.30. The van der Waals surface area contributed by atoms with Crippen LogP contribution < -0.4 is 22.8 Å². The fraction of sp³-hybridized carbons (Fsp3) is 0.214. The fourth-order valence-electron chi connectivity index (χ4n) is 9.29. The average molecular weight is 994 g/mol. The van der Waals surface area contributed by atoms with E-state index in [1.165, 1.54) is 89.5 Å². The molecule has 0 radical (unpaired) electrons. The van der Waals surface area contributed by atoms with Gasteiger partial charge in [0, 0.05) is 87.0 Å². The van der Waals surface area contributed by atoms with Crippen LogP contribution in [0.15, 0.2) is 213 Å². The lowest BCUT2D eigenvalue weighted by atomic mass is 9.99. The van der Waals surface area contributed by atoms with E-state index in [9.17, 15) is 0 Å². The molecule has 0 N–H and O–H groups in total. The van der Waals surface area contributed by atoms with Gasteiger partial charge in [0.05, 0.1) is 5.56 Å². The summed E-state index contributed by atoms with van der Waals surface area (Å²) in [6.45, 7) is 17.1. The second kappa shape index (κ2) is 26.7. The summed E-state index contributed by atoms with van der Waals surface area (Å²) in [5.41, 5.74) is 24.4. The maximum atomic E-state index is 7.42. The summed E-state index contributed by atoms with van der Waals surface area (Å²) in [5.74, 6) is 0. The number of hydrogen-bond acceptors (Lipinski definition) is 0. The van der Waals surface area contributed by atoms with Crippen LogP contribution in [0.3, 0.4) is 0 Å². The zero-order chi connectivity index (χ0) is 56.7. The number of benzene rings is 5. The van der Waals surface area contributed by atoms with Crippen LogP contribution in [0, 0.1) is 69.2 Å². The molecule has 5 heterocycles. The highest BCUT2D eigenvalue weighted by Crippen LogP contribution is 2.26. The van der Waals surface area contributed by atoms with E-state index in [4.69, 9.17) is 4.11 Å². The van der Waals surface area contributed by atoms with Gasteiger partial charge in [0.2, 0.25) is 28.5 Å². The van der Waals surface area contributed by atoms with E-state index in [2.05, 4.69) is 266 Å². The molecule has 5 nitrogen and oxygen atoms in total. The van der Waals surface area contributed by atoms with Gasteiger partial charge in [-0.25, -0.2) is 22.8 Å². The predicted octanol–water partition coefficient (Wildman–Crippen LogP) is 14.0. The van der Waals surface area contributed by atoms with E-state index in [0.29, 0.717) is 5.56 Å². The highest BCUT2D eigenvalue weighted by atomic mass is 14.9. The molecule has 0 saturated heterocycles. The molecule has 0 atom stereocenters.